The molecule has 0 bridgehead atoms. The van der Waals surface area contributed by atoms with Crippen molar-refractivity contribution < 1.29 is 40.7 Å². The van der Waals surface area contributed by atoms with E-state index in [1.807, 2.05) is 0 Å². The van der Waals surface area contributed by atoms with Crippen LogP contribution >= 0.6 is 0 Å². The molecule has 3 rings (SSSR count). The fourth-order valence-electron chi connectivity index (χ4n) is 2.57. The van der Waals surface area contributed by atoms with Crippen molar-refractivity contribution in [3.8, 4) is 0 Å². The van der Waals surface area contributed by atoms with Gasteiger partial charge in [0.25, 0.3) is 5.91 Å². The number of carbonyl (C=O) groups is 2. The van der Waals surface area contributed by atoms with Crippen LogP contribution in [0.3, 0.4) is 0 Å². The molecular formula is C16H12F3NO6S. The van der Waals surface area contributed by atoms with Gasteiger partial charge in [0.05, 0.1) is 17.7 Å². The maximum absolute atomic E-state index is 12.8. The molecule has 0 saturated carbocycles. The monoisotopic (exact) mass is 403 g/mol. The first-order valence-electron chi connectivity index (χ1n) is 7.43. The lowest BCUT2D eigenvalue weighted by Crippen LogP contribution is -2.52. The molecule has 0 radical (unpaired) electrons. The highest BCUT2D eigenvalue weighted by atomic mass is 32.2. The van der Waals surface area contributed by atoms with E-state index >= 15 is 0 Å². The summed E-state index contributed by atoms with van der Waals surface area (Å²) in [7, 11) is -4.21. The standard InChI is InChI=1S/C16H12F3NO6S/c1-15(23,16(17,18)19)14(22)20-10-4-2-3-9-11(21)12-8(5-6-26-12)7-27(24,25)13(9)10/h2-6,23H,7H2,1H3,(H,20,22). The van der Waals surface area contributed by atoms with Gasteiger partial charge in [-0.1, -0.05) is 6.07 Å². The number of alkyl halides is 3. The van der Waals surface area contributed by atoms with Gasteiger partial charge in [0.15, 0.2) is 15.6 Å². The van der Waals surface area contributed by atoms with Crippen LogP contribution in [0.4, 0.5) is 18.9 Å². The van der Waals surface area contributed by atoms with Crippen molar-refractivity contribution in [2.75, 3.05) is 5.32 Å². The summed E-state index contributed by atoms with van der Waals surface area (Å²) in [6.45, 7) is 0.234. The Hall–Kier alpha value is -2.66. The Bertz CT molecular complexity index is 1050. The number of fused-ring (bicyclic) bond motifs is 2. The Kier molecular flexibility index (Phi) is 4.19. The fourth-order valence-corrected chi connectivity index (χ4v) is 4.30. The quantitative estimate of drug-likeness (QED) is 0.794. The zero-order chi connectivity index (χ0) is 20.2. The van der Waals surface area contributed by atoms with Gasteiger partial charge in [0.2, 0.25) is 11.4 Å². The molecule has 0 saturated heterocycles. The van der Waals surface area contributed by atoms with Crippen LogP contribution in [0.1, 0.15) is 28.6 Å². The summed E-state index contributed by atoms with van der Waals surface area (Å²) in [5, 5.41) is 11.2. The molecular weight excluding hydrogens is 391 g/mol. The number of nitrogens with one attached hydrogen (secondary N) is 1. The number of ketones is 1. The summed E-state index contributed by atoms with van der Waals surface area (Å²) in [6.07, 6.45) is -4.14. The fraction of sp³-hybridized carbons (Fsp3) is 0.250. The van der Waals surface area contributed by atoms with Gasteiger partial charge >= 0.3 is 6.18 Å². The molecule has 27 heavy (non-hydrogen) atoms. The van der Waals surface area contributed by atoms with E-state index < -0.39 is 49.6 Å². The summed E-state index contributed by atoms with van der Waals surface area (Å²) in [4.78, 5) is 23.9. The first-order chi connectivity index (χ1) is 12.4. The Balaban J connectivity index is 2.13. The van der Waals surface area contributed by atoms with Crippen molar-refractivity contribution in [3.63, 3.8) is 0 Å². The van der Waals surface area contributed by atoms with Crippen molar-refractivity contribution in [2.45, 2.75) is 29.3 Å². The van der Waals surface area contributed by atoms with Crippen LogP contribution < -0.4 is 5.32 Å². The second kappa shape index (κ2) is 5.92. The number of carbonyl (C=O) groups excluding carboxylic acids is 2. The summed E-state index contributed by atoms with van der Waals surface area (Å²) in [6, 6.07) is 4.67. The van der Waals surface area contributed by atoms with Crippen LogP contribution in [0, 0.1) is 0 Å². The van der Waals surface area contributed by atoms with Crippen LogP contribution in [0.2, 0.25) is 0 Å². The Morgan fingerprint density at radius 3 is 2.56 bits per heavy atom. The molecule has 2 aromatic rings. The summed E-state index contributed by atoms with van der Waals surface area (Å²) >= 11 is 0. The molecule has 2 N–H and O–H groups in total. The summed E-state index contributed by atoms with van der Waals surface area (Å²) in [5.41, 5.74) is -4.57. The smallest absolute Gasteiger partial charge is 0.426 e. The number of anilines is 1. The van der Waals surface area contributed by atoms with Gasteiger partial charge in [-0.2, -0.15) is 13.2 Å². The van der Waals surface area contributed by atoms with E-state index in [9.17, 15) is 36.3 Å². The molecule has 1 amide bonds. The highest BCUT2D eigenvalue weighted by Crippen LogP contribution is 2.36. The van der Waals surface area contributed by atoms with E-state index in [4.69, 9.17) is 4.42 Å². The van der Waals surface area contributed by atoms with E-state index in [0.717, 1.165) is 18.4 Å². The molecule has 2 heterocycles. The average molecular weight is 403 g/mol. The Morgan fingerprint density at radius 1 is 1.26 bits per heavy atom. The van der Waals surface area contributed by atoms with Crippen molar-refractivity contribution in [3.05, 3.63) is 47.4 Å². The minimum Gasteiger partial charge on any atom is -0.461 e. The van der Waals surface area contributed by atoms with Gasteiger partial charge in [-0.15, -0.1) is 0 Å². The number of hydrogen-bond acceptors (Lipinski definition) is 6. The highest BCUT2D eigenvalue weighted by Gasteiger charge is 2.56. The maximum atomic E-state index is 12.8. The molecule has 11 heteroatoms. The normalized spacial score (nSPS) is 18.0. The SMILES string of the molecule is CC(O)(C(=O)Nc1cccc2c1S(=O)(=O)Cc1ccoc1C2=O)C(F)(F)F. The van der Waals surface area contributed by atoms with Crippen molar-refractivity contribution in [1.82, 2.24) is 0 Å². The van der Waals surface area contributed by atoms with Crippen LogP contribution in [0.15, 0.2) is 39.8 Å². The zero-order valence-corrected chi connectivity index (χ0v) is 14.4. The van der Waals surface area contributed by atoms with Gasteiger partial charge < -0.3 is 14.8 Å². The first-order valence-corrected chi connectivity index (χ1v) is 9.09. The number of halogens is 3. The lowest BCUT2D eigenvalue weighted by Gasteiger charge is -2.25. The second-order valence-electron chi connectivity index (χ2n) is 6.07. The molecule has 1 unspecified atom stereocenters. The molecule has 1 aliphatic heterocycles. The molecule has 7 nitrogen and oxygen atoms in total. The first kappa shape index (κ1) is 19.1. The van der Waals surface area contributed by atoms with E-state index in [-0.39, 0.29) is 23.8 Å². The molecule has 1 aliphatic rings. The van der Waals surface area contributed by atoms with Gasteiger partial charge in [0, 0.05) is 11.1 Å². The number of sulfone groups is 1. The summed E-state index contributed by atoms with van der Waals surface area (Å²) in [5.74, 6) is -3.51. The molecule has 1 atom stereocenters. The van der Waals surface area contributed by atoms with Crippen LogP contribution in [-0.2, 0) is 20.4 Å². The molecule has 0 aliphatic carbocycles. The lowest BCUT2D eigenvalue weighted by molar-refractivity contribution is -0.242. The highest BCUT2D eigenvalue weighted by molar-refractivity contribution is 7.91. The number of amides is 1. The van der Waals surface area contributed by atoms with E-state index in [1.165, 1.54) is 12.1 Å². The zero-order valence-electron chi connectivity index (χ0n) is 13.6. The molecule has 144 valence electrons. The molecule has 1 aromatic carbocycles. The van der Waals surface area contributed by atoms with Crippen molar-refractivity contribution in [2.24, 2.45) is 0 Å². The van der Waals surface area contributed by atoms with Crippen molar-refractivity contribution in [1.29, 1.82) is 0 Å². The lowest BCUT2D eigenvalue weighted by atomic mass is 10.0. The number of rotatable bonds is 2. The number of furan rings is 1. The van der Waals surface area contributed by atoms with Gasteiger partial charge in [0.1, 0.15) is 4.90 Å². The van der Waals surface area contributed by atoms with Crippen molar-refractivity contribution >= 4 is 27.2 Å². The van der Waals surface area contributed by atoms with E-state index in [2.05, 4.69) is 0 Å². The predicted octanol–water partition coefficient (Wildman–Crippen LogP) is 2.05. The number of benzene rings is 1. The predicted molar refractivity (Wildman–Crippen MR) is 84.8 cm³/mol. The number of aliphatic hydroxyl groups is 1. The van der Waals surface area contributed by atoms with Crippen LogP contribution in [0.25, 0.3) is 0 Å². The van der Waals surface area contributed by atoms with Gasteiger partial charge in [-0.25, -0.2) is 8.42 Å². The van der Waals surface area contributed by atoms with E-state index in [1.54, 1.807) is 5.32 Å². The van der Waals surface area contributed by atoms with Crippen LogP contribution in [0.5, 0.6) is 0 Å². The van der Waals surface area contributed by atoms with E-state index in [0.29, 0.717) is 0 Å². The third-order valence-corrected chi connectivity index (χ3v) is 5.86. The molecule has 1 aromatic heterocycles. The van der Waals surface area contributed by atoms with Gasteiger partial charge in [-0.3, -0.25) is 9.59 Å². The van der Waals surface area contributed by atoms with Crippen LogP contribution in [-0.4, -0.2) is 37.0 Å². The third-order valence-electron chi connectivity index (χ3n) is 4.11. The second-order valence-corrected chi connectivity index (χ2v) is 8.00. The third kappa shape index (κ3) is 3.02. The topological polar surface area (TPSA) is 114 Å². The largest absolute Gasteiger partial charge is 0.461 e. The maximum Gasteiger partial charge on any atom is 0.426 e. The minimum atomic E-state index is -5.29. The Morgan fingerprint density at radius 2 is 1.93 bits per heavy atom. The molecule has 0 spiro atoms. The van der Waals surface area contributed by atoms with Gasteiger partial charge in [-0.05, 0) is 25.1 Å². The minimum absolute atomic E-state index is 0.0933. The summed E-state index contributed by atoms with van der Waals surface area (Å²) < 4.78 is 69.0. The Labute approximate surface area is 150 Å². The molecule has 0 fully saturated rings. The average Bonchev–Trinajstić information content (AvgIpc) is 2.96. The number of hydrogen-bond donors (Lipinski definition) is 2.